The standard InChI is InChI=1S/C17H16F3NO/c1-3-12-8-6-7-11(2)15(12)21-16(22)13-9-4-5-10-14(13)17(18,19)20/h4-10H,3H2,1-2H3,(H,21,22). The molecule has 0 aliphatic carbocycles. The van der Waals surface area contributed by atoms with Gasteiger partial charge in [0.1, 0.15) is 0 Å². The number of halogens is 3. The summed E-state index contributed by atoms with van der Waals surface area (Å²) in [6, 6.07) is 10.3. The number of alkyl halides is 3. The Hall–Kier alpha value is -2.30. The van der Waals surface area contributed by atoms with Crippen LogP contribution in [0.25, 0.3) is 0 Å². The number of rotatable bonds is 3. The highest BCUT2D eigenvalue weighted by molar-refractivity contribution is 6.06. The van der Waals surface area contributed by atoms with Crippen molar-refractivity contribution in [1.29, 1.82) is 0 Å². The first-order valence-corrected chi connectivity index (χ1v) is 6.90. The van der Waals surface area contributed by atoms with E-state index >= 15 is 0 Å². The molecule has 2 rings (SSSR count). The van der Waals surface area contributed by atoms with Crippen LogP contribution < -0.4 is 5.32 Å². The van der Waals surface area contributed by atoms with Crippen LogP contribution in [0.5, 0.6) is 0 Å². The van der Waals surface area contributed by atoms with Gasteiger partial charge in [-0.2, -0.15) is 13.2 Å². The van der Waals surface area contributed by atoms with E-state index in [0.717, 1.165) is 17.2 Å². The van der Waals surface area contributed by atoms with Crippen molar-refractivity contribution in [3.05, 3.63) is 64.7 Å². The molecule has 2 aromatic rings. The van der Waals surface area contributed by atoms with Crippen LogP contribution in [0.2, 0.25) is 0 Å². The molecular weight excluding hydrogens is 291 g/mol. The summed E-state index contributed by atoms with van der Waals surface area (Å²) < 4.78 is 39.0. The Labute approximate surface area is 127 Å². The summed E-state index contributed by atoms with van der Waals surface area (Å²) in [4.78, 5) is 12.3. The topological polar surface area (TPSA) is 29.1 Å². The summed E-state index contributed by atoms with van der Waals surface area (Å²) in [5.41, 5.74) is 0.974. The fraction of sp³-hybridized carbons (Fsp3) is 0.235. The number of hydrogen-bond acceptors (Lipinski definition) is 1. The first-order valence-electron chi connectivity index (χ1n) is 6.90. The maximum Gasteiger partial charge on any atom is 0.417 e. The van der Waals surface area contributed by atoms with Crippen molar-refractivity contribution in [2.24, 2.45) is 0 Å². The average Bonchev–Trinajstić information content (AvgIpc) is 2.48. The van der Waals surface area contributed by atoms with Crippen molar-refractivity contribution < 1.29 is 18.0 Å². The van der Waals surface area contributed by atoms with Crippen molar-refractivity contribution >= 4 is 11.6 Å². The number of hydrogen-bond donors (Lipinski definition) is 1. The predicted octanol–water partition coefficient (Wildman–Crippen LogP) is 4.83. The van der Waals surface area contributed by atoms with E-state index < -0.39 is 17.6 Å². The van der Waals surface area contributed by atoms with Gasteiger partial charge in [0.25, 0.3) is 5.91 Å². The van der Waals surface area contributed by atoms with Gasteiger partial charge in [0, 0.05) is 5.69 Å². The highest BCUT2D eigenvalue weighted by Gasteiger charge is 2.34. The van der Waals surface area contributed by atoms with Gasteiger partial charge in [-0.1, -0.05) is 37.3 Å². The SMILES string of the molecule is CCc1cccc(C)c1NC(=O)c1ccccc1C(F)(F)F. The maximum absolute atomic E-state index is 13.0. The number of carbonyl (C=O) groups excluding carboxylic acids is 1. The number of amides is 1. The van der Waals surface area contributed by atoms with Crippen LogP contribution in [-0.4, -0.2) is 5.91 Å². The lowest BCUT2D eigenvalue weighted by atomic mass is 10.0. The number of nitrogens with one attached hydrogen (secondary N) is 1. The van der Waals surface area contributed by atoms with Crippen molar-refractivity contribution in [3.63, 3.8) is 0 Å². The predicted molar refractivity (Wildman–Crippen MR) is 80.0 cm³/mol. The molecule has 0 aliphatic heterocycles. The molecule has 22 heavy (non-hydrogen) atoms. The number of aryl methyl sites for hydroxylation is 2. The van der Waals surface area contributed by atoms with Gasteiger partial charge in [-0.05, 0) is 36.6 Å². The number of benzene rings is 2. The van der Waals surface area contributed by atoms with Gasteiger partial charge in [-0.25, -0.2) is 0 Å². The molecule has 0 aromatic heterocycles. The lowest BCUT2D eigenvalue weighted by Crippen LogP contribution is -2.19. The minimum atomic E-state index is -4.56. The Balaban J connectivity index is 2.40. The van der Waals surface area contributed by atoms with Gasteiger partial charge in [-0.3, -0.25) is 4.79 Å². The van der Waals surface area contributed by atoms with Gasteiger partial charge >= 0.3 is 6.18 Å². The molecule has 116 valence electrons. The molecule has 0 spiro atoms. The van der Waals surface area contributed by atoms with E-state index in [1.165, 1.54) is 18.2 Å². The van der Waals surface area contributed by atoms with E-state index in [-0.39, 0.29) is 5.56 Å². The largest absolute Gasteiger partial charge is 0.417 e. The van der Waals surface area contributed by atoms with Gasteiger partial charge < -0.3 is 5.32 Å². The van der Waals surface area contributed by atoms with Crippen LogP contribution in [-0.2, 0) is 12.6 Å². The Morgan fingerprint density at radius 3 is 2.41 bits per heavy atom. The molecule has 2 aromatic carbocycles. The smallest absolute Gasteiger partial charge is 0.321 e. The van der Waals surface area contributed by atoms with Crippen molar-refractivity contribution in [2.75, 3.05) is 5.32 Å². The average molecular weight is 307 g/mol. The van der Waals surface area contributed by atoms with Gasteiger partial charge in [0.15, 0.2) is 0 Å². The Morgan fingerprint density at radius 2 is 1.77 bits per heavy atom. The second-order valence-corrected chi connectivity index (χ2v) is 4.96. The zero-order chi connectivity index (χ0) is 16.3. The second-order valence-electron chi connectivity index (χ2n) is 4.96. The third kappa shape index (κ3) is 3.30. The number of para-hydroxylation sites is 1. The van der Waals surface area contributed by atoms with E-state index in [9.17, 15) is 18.0 Å². The Bertz CT molecular complexity index is 693. The monoisotopic (exact) mass is 307 g/mol. The van der Waals surface area contributed by atoms with Crippen LogP contribution in [0.3, 0.4) is 0 Å². The summed E-state index contributed by atoms with van der Waals surface area (Å²) in [6.07, 6.45) is -3.88. The molecule has 0 bridgehead atoms. The molecule has 0 saturated carbocycles. The molecule has 0 atom stereocenters. The molecule has 1 amide bonds. The van der Waals surface area contributed by atoms with Crippen molar-refractivity contribution in [1.82, 2.24) is 0 Å². The Kier molecular flexibility index (Phi) is 4.54. The van der Waals surface area contributed by atoms with E-state index in [0.29, 0.717) is 12.1 Å². The summed E-state index contributed by atoms with van der Waals surface area (Å²) in [5, 5.41) is 2.62. The summed E-state index contributed by atoms with van der Waals surface area (Å²) in [6.45, 7) is 3.73. The Morgan fingerprint density at radius 1 is 1.09 bits per heavy atom. The van der Waals surface area contributed by atoms with Gasteiger partial charge in [0.2, 0.25) is 0 Å². The van der Waals surface area contributed by atoms with Crippen LogP contribution in [0, 0.1) is 6.92 Å². The third-order valence-corrected chi connectivity index (χ3v) is 3.46. The first kappa shape index (κ1) is 16.1. The van der Waals surface area contributed by atoms with Crippen molar-refractivity contribution in [2.45, 2.75) is 26.4 Å². The molecule has 1 N–H and O–H groups in total. The van der Waals surface area contributed by atoms with E-state index in [1.54, 1.807) is 0 Å². The van der Waals surface area contributed by atoms with E-state index in [1.807, 2.05) is 32.0 Å². The lowest BCUT2D eigenvalue weighted by Gasteiger charge is -2.15. The normalized spacial score (nSPS) is 11.3. The number of carbonyl (C=O) groups is 1. The molecule has 0 aliphatic rings. The van der Waals surface area contributed by atoms with E-state index in [2.05, 4.69) is 5.32 Å². The summed E-state index contributed by atoms with van der Waals surface area (Å²) >= 11 is 0. The highest BCUT2D eigenvalue weighted by Crippen LogP contribution is 2.32. The first-order chi connectivity index (χ1) is 10.3. The quantitative estimate of drug-likeness (QED) is 0.864. The highest BCUT2D eigenvalue weighted by atomic mass is 19.4. The zero-order valence-corrected chi connectivity index (χ0v) is 12.3. The summed E-state index contributed by atoms with van der Waals surface area (Å²) in [7, 11) is 0. The molecule has 2 nitrogen and oxygen atoms in total. The fourth-order valence-corrected chi connectivity index (χ4v) is 2.31. The van der Waals surface area contributed by atoms with Crippen LogP contribution in [0.15, 0.2) is 42.5 Å². The molecule has 0 radical (unpaired) electrons. The lowest BCUT2D eigenvalue weighted by molar-refractivity contribution is -0.137. The van der Waals surface area contributed by atoms with Crippen molar-refractivity contribution in [3.8, 4) is 0 Å². The third-order valence-electron chi connectivity index (χ3n) is 3.46. The zero-order valence-electron chi connectivity index (χ0n) is 12.3. The molecular formula is C17H16F3NO. The van der Waals surface area contributed by atoms with Gasteiger partial charge in [0.05, 0.1) is 11.1 Å². The fourth-order valence-electron chi connectivity index (χ4n) is 2.31. The van der Waals surface area contributed by atoms with Crippen LogP contribution in [0.4, 0.5) is 18.9 Å². The minimum Gasteiger partial charge on any atom is -0.321 e. The van der Waals surface area contributed by atoms with Gasteiger partial charge in [-0.15, -0.1) is 0 Å². The molecule has 0 fully saturated rings. The molecule has 0 saturated heterocycles. The minimum absolute atomic E-state index is 0.375. The number of anilines is 1. The summed E-state index contributed by atoms with van der Waals surface area (Å²) in [5.74, 6) is -0.753. The molecule has 0 heterocycles. The van der Waals surface area contributed by atoms with Crippen LogP contribution in [0.1, 0.15) is 34.0 Å². The van der Waals surface area contributed by atoms with Crippen LogP contribution >= 0.6 is 0 Å². The maximum atomic E-state index is 13.0. The second kappa shape index (κ2) is 6.22. The molecule has 5 heteroatoms. The molecule has 0 unspecified atom stereocenters. The van der Waals surface area contributed by atoms with E-state index in [4.69, 9.17) is 0 Å².